The lowest BCUT2D eigenvalue weighted by atomic mass is 10.1. The smallest absolute Gasteiger partial charge is 0.251 e. The van der Waals surface area contributed by atoms with Crippen LogP contribution >= 0.6 is 0 Å². The second-order valence-electron chi connectivity index (χ2n) is 4.25. The standard InChI is InChI=1S/C13H17FN2O2/c1-9-8-10(14)4-5-11(9)13(18)15-7-6-12(17)16(2)3/h4-5,8H,6-7H2,1-3H3,(H,15,18). The van der Waals surface area contributed by atoms with E-state index in [1.165, 1.54) is 23.1 Å². The zero-order valence-electron chi connectivity index (χ0n) is 10.8. The number of carbonyl (C=O) groups excluding carboxylic acids is 2. The summed E-state index contributed by atoms with van der Waals surface area (Å²) in [6.45, 7) is 1.94. The maximum Gasteiger partial charge on any atom is 0.251 e. The van der Waals surface area contributed by atoms with Gasteiger partial charge in [0.2, 0.25) is 5.91 Å². The van der Waals surface area contributed by atoms with Gasteiger partial charge in [-0.15, -0.1) is 0 Å². The Morgan fingerprint density at radius 2 is 2.00 bits per heavy atom. The Balaban J connectivity index is 2.53. The summed E-state index contributed by atoms with van der Waals surface area (Å²) < 4.78 is 12.9. The summed E-state index contributed by atoms with van der Waals surface area (Å²) in [7, 11) is 3.32. The number of nitrogens with one attached hydrogen (secondary N) is 1. The Morgan fingerprint density at radius 3 is 2.56 bits per heavy atom. The third-order valence-electron chi connectivity index (χ3n) is 2.56. The van der Waals surface area contributed by atoms with E-state index in [1.54, 1.807) is 21.0 Å². The fourth-order valence-corrected chi connectivity index (χ4v) is 1.48. The van der Waals surface area contributed by atoms with E-state index in [2.05, 4.69) is 5.32 Å². The Kier molecular flexibility index (Phi) is 4.83. The fraction of sp³-hybridized carbons (Fsp3) is 0.385. The molecule has 0 aromatic heterocycles. The van der Waals surface area contributed by atoms with Crippen molar-refractivity contribution in [2.24, 2.45) is 0 Å². The summed E-state index contributed by atoms with van der Waals surface area (Å²) in [5.41, 5.74) is 1.00. The highest BCUT2D eigenvalue weighted by Crippen LogP contribution is 2.09. The average molecular weight is 252 g/mol. The van der Waals surface area contributed by atoms with Gasteiger partial charge in [-0.05, 0) is 30.7 Å². The molecule has 1 N–H and O–H groups in total. The molecule has 0 bridgehead atoms. The molecule has 0 unspecified atom stereocenters. The minimum absolute atomic E-state index is 0.0499. The van der Waals surface area contributed by atoms with Gasteiger partial charge in [-0.3, -0.25) is 9.59 Å². The van der Waals surface area contributed by atoms with Crippen LogP contribution in [-0.4, -0.2) is 37.4 Å². The van der Waals surface area contributed by atoms with E-state index in [1.807, 2.05) is 0 Å². The van der Waals surface area contributed by atoms with Crippen LogP contribution in [-0.2, 0) is 4.79 Å². The quantitative estimate of drug-likeness (QED) is 0.879. The number of benzene rings is 1. The van der Waals surface area contributed by atoms with E-state index in [-0.39, 0.29) is 30.6 Å². The molecule has 18 heavy (non-hydrogen) atoms. The van der Waals surface area contributed by atoms with E-state index >= 15 is 0 Å². The van der Waals surface area contributed by atoms with E-state index < -0.39 is 0 Å². The van der Waals surface area contributed by atoms with Crippen LogP contribution in [0, 0.1) is 12.7 Å². The maximum atomic E-state index is 12.9. The zero-order valence-corrected chi connectivity index (χ0v) is 10.8. The van der Waals surface area contributed by atoms with Crippen molar-refractivity contribution in [1.29, 1.82) is 0 Å². The zero-order chi connectivity index (χ0) is 13.7. The normalized spacial score (nSPS) is 10.0. The second kappa shape index (κ2) is 6.14. The van der Waals surface area contributed by atoms with E-state index in [0.29, 0.717) is 11.1 Å². The van der Waals surface area contributed by atoms with Crippen LogP contribution in [0.15, 0.2) is 18.2 Å². The number of nitrogens with zero attached hydrogens (tertiary/aromatic N) is 1. The summed E-state index contributed by atoms with van der Waals surface area (Å²) in [6.07, 6.45) is 0.249. The maximum absolute atomic E-state index is 12.9. The Hall–Kier alpha value is -1.91. The molecule has 0 aliphatic carbocycles. The van der Waals surface area contributed by atoms with Gasteiger partial charge >= 0.3 is 0 Å². The lowest BCUT2D eigenvalue weighted by Crippen LogP contribution is -2.30. The highest BCUT2D eigenvalue weighted by molar-refractivity contribution is 5.95. The molecule has 0 heterocycles. The highest BCUT2D eigenvalue weighted by atomic mass is 19.1. The number of rotatable bonds is 4. The highest BCUT2D eigenvalue weighted by Gasteiger charge is 2.10. The molecular formula is C13H17FN2O2. The van der Waals surface area contributed by atoms with Crippen molar-refractivity contribution in [3.8, 4) is 0 Å². The number of hydrogen-bond acceptors (Lipinski definition) is 2. The summed E-state index contributed by atoms with van der Waals surface area (Å²) in [5, 5.41) is 2.64. The van der Waals surface area contributed by atoms with Crippen molar-refractivity contribution in [2.75, 3.05) is 20.6 Å². The van der Waals surface area contributed by atoms with E-state index in [0.717, 1.165) is 0 Å². The molecule has 0 fully saturated rings. The molecule has 0 spiro atoms. The molecule has 5 heteroatoms. The Morgan fingerprint density at radius 1 is 1.33 bits per heavy atom. The lowest BCUT2D eigenvalue weighted by Gasteiger charge is -2.11. The van der Waals surface area contributed by atoms with Crippen LogP contribution in [0.25, 0.3) is 0 Å². The molecule has 0 saturated carbocycles. The van der Waals surface area contributed by atoms with Gasteiger partial charge in [-0.2, -0.15) is 0 Å². The monoisotopic (exact) mass is 252 g/mol. The minimum Gasteiger partial charge on any atom is -0.352 e. The van der Waals surface area contributed by atoms with Gasteiger partial charge in [-0.1, -0.05) is 0 Å². The molecule has 0 radical (unpaired) electrons. The topological polar surface area (TPSA) is 49.4 Å². The van der Waals surface area contributed by atoms with Crippen molar-refractivity contribution in [3.05, 3.63) is 35.1 Å². The van der Waals surface area contributed by atoms with Gasteiger partial charge in [0.1, 0.15) is 5.82 Å². The van der Waals surface area contributed by atoms with Crippen LogP contribution in [0.2, 0.25) is 0 Å². The molecule has 0 aliphatic rings. The summed E-state index contributed by atoms with van der Waals surface area (Å²) in [4.78, 5) is 24.5. The molecule has 1 aromatic rings. The van der Waals surface area contributed by atoms with Crippen molar-refractivity contribution in [1.82, 2.24) is 10.2 Å². The Labute approximate surface area is 106 Å². The fourth-order valence-electron chi connectivity index (χ4n) is 1.48. The van der Waals surface area contributed by atoms with Crippen molar-refractivity contribution in [3.63, 3.8) is 0 Å². The second-order valence-corrected chi connectivity index (χ2v) is 4.25. The first-order chi connectivity index (χ1) is 8.41. The molecule has 0 saturated heterocycles. The average Bonchev–Trinajstić information content (AvgIpc) is 2.28. The number of carbonyl (C=O) groups is 2. The van der Waals surface area contributed by atoms with Gasteiger partial charge in [0, 0.05) is 32.6 Å². The first-order valence-electron chi connectivity index (χ1n) is 5.66. The summed E-state index contributed by atoms with van der Waals surface area (Å²) in [5.74, 6) is -0.711. The third kappa shape index (κ3) is 3.84. The molecular weight excluding hydrogens is 235 g/mol. The van der Waals surface area contributed by atoms with Crippen molar-refractivity contribution < 1.29 is 14.0 Å². The van der Waals surface area contributed by atoms with Crippen molar-refractivity contribution >= 4 is 11.8 Å². The molecule has 0 atom stereocenters. The van der Waals surface area contributed by atoms with Crippen LogP contribution < -0.4 is 5.32 Å². The number of hydrogen-bond donors (Lipinski definition) is 1. The minimum atomic E-state index is -0.369. The number of aryl methyl sites for hydroxylation is 1. The van der Waals surface area contributed by atoms with Crippen LogP contribution in [0.1, 0.15) is 22.3 Å². The number of halogens is 1. The van der Waals surface area contributed by atoms with Gasteiger partial charge in [-0.25, -0.2) is 4.39 Å². The van der Waals surface area contributed by atoms with Gasteiger partial charge in [0.15, 0.2) is 0 Å². The first kappa shape index (κ1) is 14.2. The first-order valence-corrected chi connectivity index (χ1v) is 5.66. The lowest BCUT2D eigenvalue weighted by molar-refractivity contribution is -0.128. The van der Waals surface area contributed by atoms with Crippen molar-refractivity contribution in [2.45, 2.75) is 13.3 Å². The van der Waals surface area contributed by atoms with Crippen LogP contribution in [0.4, 0.5) is 4.39 Å². The summed E-state index contributed by atoms with van der Waals surface area (Å²) >= 11 is 0. The number of amides is 2. The molecule has 1 rings (SSSR count). The predicted molar refractivity (Wildman–Crippen MR) is 66.8 cm³/mol. The molecule has 4 nitrogen and oxygen atoms in total. The third-order valence-corrected chi connectivity index (χ3v) is 2.56. The van der Waals surface area contributed by atoms with Crippen LogP contribution in [0.3, 0.4) is 0 Å². The van der Waals surface area contributed by atoms with Crippen LogP contribution in [0.5, 0.6) is 0 Å². The molecule has 0 aliphatic heterocycles. The van der Waals surface area contributed by atoms with Gasteiger partial charge in [0.05, 0.1) is 0 Å². The van der Waals surface area contributed by atoms with E-state index in [9.17, 15) is 14.0 Å². The van der Waals surface area contributed by atoms with E-state index in [4.69, 9.17) is 0 Å². The van der Waals surface area contributed by atoms with Gasteiger partial charge < -0.3 is 10.2 Å². The predicted octanol–water partition coefficient (Wildman–Crippen LogP) is 1.34. The largest absolute Gasteiger partial charge is 0.352 e. The molecule has 1 aromatic carbocycles. The van der Waals surface area contributed by atoms with Gasteiger partial charge in [0.25, 0.3) is 5.91 Å². The molecule has 2 amide bonds. The molecule has 98 valence electrons. The SMILES string of the molecule is Cc1cc(F)ccc1C(=O)NCCC(=O)N(C)C. The Bertz CT molecular complexity index is 458. The summed E-state index contributed by atoms with van der Waals surface area (Å²) in [6, 6.07) is 3.99.